The summed E-state index contributed by atoms with van der Waals surface area (Å²) < 4.78 is 91.9. The molecule has 3 heterocycles. The van der Waals surface area contributed by atoms with Crippen LogP contribution in [0.25, 0.3) is 5.57 Å². The largest absolute Gasteiger partial charge is 0.468 e. The predicted molar refractivity (Wildman–Crippen MR) is 167 cm³/mol. The molecule has 47 heavy (non-hydrogen) atoms. The lowest BCUT2D eigenvalue weighted by Gasteiger charge is -2.28. The fourth-order valence-electron chi connectivity index (χ4n) is 5.62. The monoisotopic (exact) mass is 672 g/mol. The zero-order valence-corrected chi connectivity index (χ0v) is 26.8. The van der Waals surface area contributed by atoms with E-state index >= 15 is 0 Å². The molecule has 1 aromatic carbocycles. The number of aliphatic imine (C=N–C) groups is 2. The summed E-state index contributed by atoms with van der Waals surface area (Å²) in [4.78, 5) is 22.0. The van der Waals surface area contributed by atoms with Gasteiger partial charge in [-0.25, -0.2) is 0 Å². The molecule has 260 valence electrons. The summed E-state index contributed by atoms with van der Waals surface area (Å²) in [5.74, 6) is 0.527. The predicted octanol–water partition coefficient (Wildman–Crippen LogP) is 6.10. The molecule has 1 aromatic heterocycles. The van der Waals surface area contributed by atoms with Gasteiger partial charge in [0.15, 0.2) is 0 Å². The first-order valence-electron chi connectivity index (χ1n) is 15.3. The number of carbonyl (C=O) groups excluding carboxylic acids is 1. The lowest BCUT2D eigenvalue weighted by molar-refractivity contribution is -0.143. The Kier molecular flexibility index (Phi) is 14.2. The van der Waals surface area contributed by atoms with E-state index in [1.807, 2.05) is 18.9 Å². The van der Waals surface area contributed by atoms with E-state index in [1.165, 1.54) is 6.20 Å². The van der Waals surface area contributed by atoms with Gasteiger partial charge in [-0.2, -0.15) is 31.4 Å². The lowest BCUT2D eigenvalue weighted by atomic mass is 10.0. The number of carbonyl (C=O) groups is 1. The Bertz CT molecular complexity index is 1320. The number of likely N-dealkylation sites (N-methyl/N-ethyl adjacent to an activating group) is 1. The third kappa shape index (κ3) is 11.9. The Morgan fingerprint density at radius 1 is 1.13 bits per heavy atom. The summed E-state index contributed by atoms with van der Waals surface area (Å²) in [6, 6.07) is 1.88. The van der Waals surface area contributed by atoms with E-state index in [9.17, 15) is 31.1 Å². The van der Waals surface area contributed by atoms with Crippen LogP contribution in [0.15, 0.2) is 46.8 Å². The van der Waals surface area contributed by atoms with Gasteiger partial charge in [-0.3, -0.25) is 24.4 Å². The first-order chi connectivity index (χ1) is 22.2. The number of aryl methyl sites for hydroxylation is 1. The summed E-state index contributed by atoms with van der Waals surface area (Å²) >= 11 is 0. The quantitative estimate of drug-likeness (QED) is 0.154. The van der Waals surface area contributed by atoms with Crippen LogP contribution in [0, 0.1) is 5.92 Å². The number of aromatic nitrogens is 2. The normalized spacial score (nSPS) is 20.0. The van der Waals surface area contributed by atoms with Crippen LogP contribution in [0.5, 0.6) is 0 Å². The topological polar surface area (TPSA) is 84.6 Å². The highest BCUT2D eigenvalue weighted by Crippen LogP contribution is 2.37. The number of ether oxygens (including phenoxy) is 2. The first kappa shape index (κ1) is 37.9. The summed E-state index contributed by atoms with van der Waals surface area (Å²) in [7, 11) is 3.72. The van der Waals surface area contributed by atoms with Gasteiger partial charge < -0.3 is 14.4 Å². The van der Waals surface area contributed by atoms with Crippen molar-refractivity contribution in [2.75, 3.05) is 40.1 Å². The van der Waals surface area contributed by atoms with Gasteiger partial charge >= 0.3 is 12.4 Å². The maximum Gasteiger partial charge on any atom is 0.416 e. The van der Waals surface area contributed by atoms with Gasteiger partial charge in [0.25, 0.3) is 6.47 Å². The van der Waals surface area contributed by atoms with Crippen LogP contribution in [0.3, 0.4) is 0 Å². The number of hydrogen-bond donors (Lipinski definition) is 0. The Balaban J connectivity index is 0.000000511. The molecule has 2 aromatic rings. The van der Waals surface area contributed by atoms with Crippen LogP contribution in [0.2, 0.25) is 0 Å². The van der Waals surface area contributed by atoms with Crippen molar-refractivity contribution in [3.63, 3.8) is 0 Å². The molecule has 2 saturated heterocycles. The standard InChI is InChI=1S/C25H30F6N6.C7H12O3/c1-5-22-9-23(15-35(22)3)37(16-33-11-18(10-32-2)19-12-34-36(4)14-19)13-17-6-20(24(26,27)28)8-21(7-17)25(29,30)31;8-6-10-5-7-1-3-9-4-2-7/h6-8,10-12,14,22-23H,2,5,9,13,15-16H2,1,3-4H3;6-7H,1-5H2/b18-10+,33-11-;/t22-,23?;/m1./s1. The minimum atomic E-state index is -4.90. The molecule has 2 atom stereocenters. The van der Waals surface area contributed by atoms with Crippen LogP contribution < -0.4 is 0 Å². The summed E-state index contributed by atoms with van der Waals surface area (Å²) in [6.45, 7) is 8.78. The average Bonchev–Trinajstić information content (AvgIpc) is 3.63. The van der Waals surface area contributed by atoms with Crippen LogP contribution in [-0.4, -0.2) is 91.2 Å². The zero-order valence-electron chi connectivity index (χ0n) is 26.8. The van der Waals surface area contributed by atoms with Gasteiger partial charge in [0, 0.05) is 75.2 Å². The number of allylic oxidation sites excluding steroid dienone is 1. The number of hydrogen-bond acceptors (Lipinski definition) is 8. The number of rotatable bonds is 12. The van der Waals surface area contributed by atoms with E-state index in [1.54, 1.807) is 30.3 Å². The number of nitrogens with zero attached hydrogens (tertiary/aromatic N) is 6. The van der Waals surface area contributed by atoms with Crippen molar-refractivity contribution >= 4 is 25.0 Å². The van der Waals surface area contributed by atoms with E-state index in [4.69, 9.17) is 4.74 Å². The summed E-state index contributed by atoms with van der Waals surface area (Å²) in [6.07, 6.45) is 0.299. The lowest BCUT2D eigenvalue weighted by Crippen LogP contribution is -2.37. The highest BCUT2D eigenvalue weighted by Gasteiger charge is 2.38. The third-order valence-electron chi connectivity index (χ3n) is 8.19. The Morgan fingerprint density at radius 3 is 2.30 bits per heavy atom. The minimum absolute atomic E-state index is 0.0707. The molecule has 0 amide bonds. The molecule has 2 aliphatic rings. The highest BCUT2D eigenvalue weighted by atomic mass is 19.4. The van der Waals surface area contributed by atoms with Crippen molar-refractivity contribution < 1.29 is 40.6 Å². The smallest absolute Gasteiger partial charge is 0.416 e. The van der Waals surface area contributed by atoms with Crippen molar-refractivity contribution in [1.82, 2.24) is 19.6 Å². The molecule has 0 saturated carbocycles. The maximum absolute atomic E-state index is 13.4. The summed E-state index contributed by atoms with van der Waals surface area (Å²) in [5, 5.41) is 4.12. The first-order valence-corrected chi connectivity index (χ1v) is 15.3. The van der Waals surface area contributed by atoms with Crippen molar-refractivity contribution in [3.05, 3.63) is 59.0 Å². The van der Waals surface area contributed by atoms with Crippen molar-refractivity contribution in [2.24, 2.45) is 23.0 Å². The number of likely N-dealkylation sites (tertiary alicyclic amines) is 1. The van der Waals surface area contributed by atoms with Gasteiger partial charge in [0.05, 0.1) is 30.6 Å². The Morgan fingerprint density at radius 2 is 1.79 bits per heavy atom. The van der Waals surface area contributed by atoms with Gasteiger partial charge in [0.2, 0.25) is 0 Å². The Hall–Kier alpha value is -3.56. The molecule has 4 rings (SSSR count). The van der Waals surface area contributed by atoms with Gasteiger partial charge in [-0.05, 0) is 69.1 Å². The maximum atomic E-state index is 13.4. The molecular formula is C32H42F6N6O3. The van der Waals surface area contributed by atoms with Crippen LogP contribution >= 0.6 is 0 Å². The molecule has 0 bridgehead atoms. The average molecular weight is 673 g/mol. The molecule has 1 unspecified atom stereocenters. The van der Waals surface area contributed by atoms with Gasteiger partial charge in [-0.15, -0.1) is 0 Å². The van der Waals surface area contributed by atoms with E-state index in [-0.39, 0.29) is 36.9 Å². The Labute approximate surface area is 270 Å². The molecular weight excluding hydrogens is 630 g/mol. The molecule has 9 nitrogen and oxygen atoms in total. The molecule has 0 aliphatic carbocycles. The highest BCUT2D eigenvalue weighted by molar-refractivity contribution is 6.09. The molecule has 2 aliphatic heterocycles. The fourth-order valence-corrected chi connectivity index (χ4v) is 5.62. The zero-order chi connectivity index (χ0) is 34.6. The van der Waals surface area contributed by atoms with Crippen LogP contribution in [0.4, 0.5) is 26.3 Å². The van der Waals surface area contributed by atoms with Crippen molar-refractivity contribution in [1.29, 1.82) is 0 Å². The number of alkyl halides is 6. The molecule has 0 radical (unpaired) electrons. The molecule has 2 fully saturated rings. The van der Waals surface area contributed by atoms with Gasteiger partial charge in [-0.1, -0.05) is 6.92 Å². The van der Waals surface area contributed by atoms with Crippen LogP contribution in [0.1, 0.15) is 54.9 Å². The van der Waals surface area contributed by atoms with Crippen molar-refractivity contribution in [3.8, 4) is 0 Å². The second kappa shape index (κ2) is 17.6. The molecule has 0 N–H and O–H groups in total. The number of halogens is 6. The van der Waals surface area contributed by atoms with E-state index in [2.05, 4.69) is 31.4 Å². The number of benzene rings is 1. The van der Waals surface area contributed by atoms with Crippen LogP contribution in [-0.2, 0) is 40.2 Å². The SMILES string of the molecule is C=N/C=C(\C=N/CN(Cc1cc(C(F)(F)F)cc(C(F)(F)F)c1)C1C[C@@H](CC)N(C)C1)c1cnn(C)c1.O=COCC1CCOCC1. The van der Waals surface area contributed by atoms with Crippen molar-refractivity contribution in [2.45, 2.75) is 63.6 Å². The second-order valence-electron chi connectivity index (χ2n) is 11.7. The van der Waals surface area contributed by atoms with E-state index in [0.29, 0.717) is 31.1 Å². The molecule has 0 spiro atoms. The van der Waals surface area contributed by atoms with E-state index < -0.39 is 23.5 Å². The van der Waals surface area contributed by atoms with Gasteiger partial charge in [0.1, 0.15) is 0 Å². The van der Waals surface area contributed by atoms with E-state index in [0.717, 1.165) is 56.6 Å². The molecule has 15 heteroatoms. The second-order valence-corrected chi connectivity index (χ2v) is 11.7. The third-order valence-corrected chi connectivity index (χ3v) is 8.19. The minimum Gasteiger partial charge on any atom is -0.468 e. The fraction of sp³-hybridized carbons (Fsp3) is 0.562. The summed E-state index contributed by atoms with van der Waals surface area (Å²) in [5.41, 5.74) is -1.36.